The molecule has 0 saturated heterocycles. The SMILES string of the molecule is CCOC(=O)c1ccccc1NC(=O)/C(C#N)=C\NCCc1ccc(OC)cc1. The summed E-state index contributed by atoms with van der Waals surface area (Å²) in [5, 5.41) is 14.8. The van der Waals surface area contributed by atoms with E-state index in [2.05, 4.69) is 10.6 Å². The van der Waals surface area contributed by atoms with E-state index in [1.807, 2.05) is 30.3 Å². The van der Waals surface area contributed by atoms with Crippen molar-refractivity contribution in [2.45, 2.75) is 13.3 Å². The maximum absolute atomic E-state index is 12.4. The zero-order chi connectivity index (χ0) is 21.1. The summed E-state index contributed by atoms with van der Waals surface area (Å²) in [6, 6.07) is 16.0. The van der Waals surface area contributed by atoms with Gasteiger partial charge in [-0.15, -0.1) is 0 Å². The molecule has 2 aromatic rings. The van der Waals surface area contributed by atoms with E-state index >= 15 is 0 Å². The molecule has 0 aromatic heterocycles. The maximum Gasteiger partial charge on any atom is 0.340 e. The lowest BCUT2D eigenvalue weighted by Crippen LogP contribution is -2.19. The molecular formula is C22H23N3O4. The van der Waals surface area contributed by atoms with E-state index < -0.39 is 11.9 Å². The van der Waals surface area contributed by atoms with Gasteiger partial charge in [0.25, 0.3) is 5.91 Å². The van der Waals surface area contributed by atoms with Crippen molar-refractivity contribution in [3.8, 4) is 11.8 Å². The normalized spacial score (nSPS) is 10.6. The Morgan fingerprint density at radius 1 is 1.14 bits per heavy atom. The van der Waals surface area contributed by atoms with E-state index in [9.17, 15) is 14.9 Å². The Hall–Kier alpha value is -3.79. The number of nitrogens with zero attached hydrogens (tertiary/aromatic N) is 1. The number of hydrogen-bond acceptors (Lipinski definition) is 6. The highest BCUT2D eigenvalue weighted by Crippen LogP contribution is 2.17. The summed E-state index contributed by atoms with van der Waals surface area (Å²) in [7, 11) is 1.61. The Morgan fingerprint density at radius 2 is 1.86 bits per heavy atom. The fraction of sp³-hybridized carbons (Fsp3) is 0.227. The van der Waals surface area contributed by atoms with E-state index in [0.29, 0.717) is 13.0 Å². The molecule has 0 aliphatic heterocycles. The van der Waals surface area contributed by atoms with Crippen LogP contribution >= 0.6 is 0 Å². The Balaban J connectivity index is 1.96. The monoisotopic (exact) mass is 393 g/mol. The molecule has 2 rings (SSSR count). The first-order chi connectivity index (χ1) is 14.1. The van der Waals surface area contributed by atoms with Gasteiger partial charge in [0.05, 0.1) is 25.0 Å². The molecule has 0 bridgehead atoms. The molecule has 29 heavy (non-hydrogen) atoms. The van der Waals surface area contributed by atoms with Gasteiger partial charge in [-0.2, -0.15) is 5.26 Å². The number of nitriles is 1. The number of hydrogen-bond donors (Lipinski definition) is 2. The van der Waals surface area contributed by atoms with Crippen LogP contribution in [0.3, 0.4) is 0 Å². The summed E-state index contributed by atoms with van der Waals surface area (Å²) in [5.74, 6) is -0.363. The number of carbonyl (C=O) groups is 2. The molecule has 0 aliphatic carbocycles. The minimum absolute atomic E-state index is 0.0987. The van der Waals surface area contributed by atoms with Crippen LogP contribution in [0.5, 0.6) is 5.75 Å². The number of carbonyl (C=O) groups excluding carboxylic acids is 2. The number of ether oxygens (including phenoxy) is 2. The van der Waals surface area contributed by atoms with Crippen molar-refractivity contribution in [1.82, 2.24) is 5.32 Å². The molecule has 7 heteroatoms. The lowest BCUT2D eigenvalue weighted by molar-refractivity contribution is -0.112. The predicted octanol–water partition coefficient (Wildman–Crippen LogP) is 3.05. The van der Waals surface area contributed by atoms with E-state index in [0.717, 1.165) is 11.3 Å². The van der Waals surface area contributed by atoms with Gasteiger partial charge in [-0.3, -0.25) is 4.79 Å². The molecule has 150 valence electrons. The highest BCUT2D eigenvalue weighted by Gasteiger charge is 2.16. The Labute approximate surface area is 169 Å². The van der Waals surface area contributed by atoms with Crippen LogP contribution < -0.4 is 15.4 Å². The highest BCUT2D eigenvalue weighted by molar-refractivity contribution is 6.09. The number of amides is 1. The van der Waals surface area contributed by atoms with Crippen LogP contribution in [0.4, 0.5) is 5.69 Å². The molecule has 7 nitrogen and oxygen atoms in total. The fourth-order valence-corrected chi connectivity index (χ4v) is 2.50. The van der Waals surface area contributed by atoms with Gasteiger partial charge in [0, 0.05) is 12.7 Å². The second kappa shape index (κ2) is 11.1. The van der Waals surface area contributed by atoms with Crippen LogP contribution in [-0.4, -0.2) is 32.1 Å². The number of anilines is 1. The van der Waals surface area contributed by atoms with Crippen molar-refractivity contribution in [3.63, 3.8) is 0 Å². The van der Waals surface area contributed by atoms with Crippen molar-refractivity contribution in [3.05, 3.63) is 71.4 Å². The average Bonchev–Trinajstić information content (AvgIpc) is 2.74. The molecule has 0 radical (unpaired) electrons. The molecule has 0 heterocycles. The second-order valence-electron chi connectivity index (χ2n) is 5.94. The zero-order valence-corrected chi connectivity index (χ0v) is 16.4. The van der Waals surface area contributed by atoms with Gasteiger partial charge in [0.15, 0.2) is 0 Å². The minimum Gasteiger partial charge on any atom is -0.497 e. The predicted molar refractivity (Wildman–Crippen MR) is 109 cm³/mol. The van der Waals surface area contributed by atoms with Crippen molar-refractivity contribution in [2.75, 3.05) is 25.6 Å². The highest BCUT2D eigenvalue weighted by atomic mass is 16.5. The van der Waals surface area contributed by atoms with Crippen molar-refractivity contribution < 1.29 is 19.1 Å². The molecule has 2 aromatic carbocycles. The van der Waals surface area contributed by atoms with Crippen molar-refractivity contribution in [1.29, 1.82) is 5.26 Å². The molecule has 0 aliphatic rings. The standard InChI is InChI=1S/C22H23N3O4/c1-3-29-22(27)19-6-4-5-7-20(19)25-21(26)17(14-23)15-24-13-12-16-8-10-18(28-2)11-9-16/h4-11,15,24H,3,12-13H2,1-2H3,(H,25,26)/b17-15-. The number of esters is 1. The van der Waals surface area contributed by atoms with Gasteiger partial charge in [-0.25, -0.2) is 4.79 Å². The number of nitrogens with one attached hydrogen (secondary N) is 2. The summed E-state index contributed by atoms with van der Waals surface area (Å²) < 4.78 is 10.1. The molecule has 1 amide bonds. The fourth-order valence-electron chi connectivity index (χ4n) is 2.50. The van der Waals surface area contributed by atoms with E-state index in [1.165, 1.54) is 6.20 Å². The second-order valence-corrected chi connectivity index (χ2v) is 5.94. The zero-order valence-electron chi connectivity index (χ0n) is 16.4. The largest absolute Gasteiger partial charge is 0.497 e. The number of benzene rings is 2. The Kier molecular flexibility index (Phi) is 8.27. The summed E-state index contributed by atoms with van der Waals surface area (Å²) >= 11 is 0. The third-order valence-corrected chi connectivity index (χ3v) is 4.00. The molecule has 0 unspecified atom stereocenters. The summed E-state index contributed by atoms with van der Waals surface area (Å²) in [5.41, 5.74) is 1.51. The number of rotatable bonds is 9. The molecule has 0 atom stereocenters. The van der Waals surface area contributed by atoms with Crippen molar-refractivity contribution in [2.24, 2.45) is 0 Å². The first-order valence-electron chi connectivity index (χ1n) is 9.13. The first kappa shape index (κ1) is 21.5. The van der Waals surface area contributed by atoms with E-state index in [4.69, 9.17) is 9.47 Å². The maximum atomic E-state index is 12.4. The van der Waals surface area contributed by atoms with E-state index in [-0.39, 0.29) is 23.4 Å². The molecule has 0 saturated carbocycles. The number of methoxy groups -OCH3 is 1. The quantitative estimate of drug-likeness (QED) is 0.294. The summed E-state index contributed by atoms with van der Waals surface area (Å²) in [4.78, 5) is 24.4. The Bertz CT molecular complexity index is 914. The molecule has 0 fully saturated rings. The minimum atomic E-state index is -0.610. The van der Waals surface area contributed by atoms with Crippen LogP contribution in [0, 0.1) is 11.3 Å². The van der Waals surface area contributed by atoms with Crippen LogP contribution in [0.15, 0.2) is 60.3 Å². The van der Waals surface area contributed by atoms with Crippen LogP contribution in [0.1, 0.15) is 22.8 Å². The molecule has 2 N–H and O–H groups in total. The van der Waals surface area contributed by atoms with Gasteiger partial charge >= 0.3 is 5.97 Å². The van der Waals surface area contributed by atoms with Gasteiger partial charge in [-0.05, 0) is 43.2 Å². The lowest BCUT2D eigenvalue weighted by atomic mass is 10.1. The lowest BCUT2D eigenvalue weighted by Gasteiger charge is -2.10. The average molecular weight is 393 g/mol. The van der Waals surface area contributed by atoms with Gasteiger partial charge in [0.1, 0.15) is 17.4 Å². The Morgan fingerprint density at radius 3 is 2.52 bits per heavy atom. The van der Waals surface area contributed by atoms with Gasteiger partial charge in [-0.1, -0.05) is 24.3 Å². The summed E-state index contributed by atoms with van der Waals surface area (Å²) in [6.07, 6.45) is 2.08. The first-order valence-corrected chi connectivity index (χ1v) is 9.13. The summed E-state index contributed by atoms with van der Waals surface area (Å²) in [6.45, 7) is 2.47. The van der Waals surface area contributed by atoms with Crippen LogP contribution in [-0.2, 0) is 16.0 Å². The molecular weight excluding hydrogens is 370 g/mol. The number of para-hydroxylation sites is 1. The van der Waals surface area contributed by atoms with Crippen molar-refractivity contribution >= 4 is 17.6 Å². The van der Waals surface area contributed by atoms with Crippen LogP contribution in [0.25, 0.3) is 0 Å². The van der Waals surface area contributed by atoms with E-state index in [1.54, 1.807) is 38.3 Å². The third-order valence-electron chi connectivity index (χ3n) is 4.00. The van der Waals surface area contributed by atoms with Crippen LogP contribution in [0.2, 0.25) is 0 Å². The van der Waals surface area contributed by atoms with Gasteiger partial charge in [0.2, 0.25) is 0 Å². The molecule has 0 spiro atoms. The van der Waals surface area contributed by atoms with Gasteiger partial charge < -0.3 is 20.1 Å². The smallest absolute Gasteiger partial charge is 0.340 e. The topological polar surface area (TPSA) is 100 Å². The third kappa shape index (κ3) is 6.40.